The first-order valence-corrected chi connectivity index (χ1v) is 7.14. The first kappa shape index (κ1) is 13.0. The van der Waals surface area contributed by atoms with Gasteiger partial charge in [0.1, 0.15) is 11.8 Å². The highest BCUT2D eigenvalue weighted by Crippen LogP contribution is 2.35. The molecule has 0 spiro atoms. The number of furan rings is 1. The van der Waals surface area contributed by atoms with Crippen molar-refractivity contribution in [2.75, 3.05) is 0 Å². The summed E-state index contributed by atoms with van der Waals surface area (Å²) in [5, 5.41) is 0. The second-order valence-corrected chi connectivity index (χ2v) is 5.25. The third-order valence-electron chi connectivity index (χ3n) is 3.84. The van der Waals surface area contributed by atoms with Gasteiger partial charge in [-0.3, -0.25) is 0 Å². The number of aromatic amines is 1. The molecule has 5 heteroatoms. The number of ether oxygens (including phenoxy) is 1. The van der Waals surface area contributed by atoms with Crippen LogP contribution >= 0.6 is 0 Å². The molecule has 110 valence electrons. The Morgan fingerprint density at radius 3 is 2.82 bits per heavy atom. The van der Waals surface area contributed by atoms with E-state index in [-0.39, 0.29) is 11.8 Å². The van der Waals surface area contributed by atoms with Crippen molar-refractivity contribution in [2.24, 2.45) is 0 Å². The van der Waals surface area contributed by atoms with Crippen LogP contribution in [-0.4, -0.2) is 9.97 Å². The van der Waals surface area contributed by atoms with Crippen LogP contribution in [0.15, 0.2) is 57.9 Å². The molecule has 4 rings (SSSR count). The summed E-state index contributed by atoms with van der Waals surface area (Å²) in [4.78, 5) is 18.8. The van der Waals surface area contributed by atoms with E-state index in [1.165, 1.54) is 0 Å². The van der Waals surface area contributed by atoms with Gasteiger partial charge >= 0.3 is 5.69 Å². The predicted molar refractivity (Wildman–Crippen MR) is 80.2 cm³/mol. The molecular formula is C17H14N2O3. The van der Waals surface area contributed by atoms with E-state index in [1.807, 2.05) is 30.3 Å². The molecule has 0 fully saturated rings. The van der Waals surface area contributed by atoms with Gasteiger partial charge in [-0.05, 0) is 17.7 Å². The maximum Gasteiger partial charge on any atom is 0.345 e. The third-order valence-corrected chi connectivity index (χ3v) is 3.84. The Morgan fingerprint density at radius 2 is 2.05 bits per heavy atom. The van der Waals surface area contributed by atoms with Crippen LogP contribution in [-0.2, 0) is 17.8 Å². The summed E-state index contributed by atoms with van der Waals surface area (Å²) in [7, 11) is 0. The highest BCUT2D eigenvalue weighted by molar-refractivity contribution is 5.58. The summed E-state index contributed by atoms with van der Waals surface area (Å²) in [5.74, 6) is 0.589. The molecular weight excluding hydrogens is 280 g/mol. The SMILES string of the molecule is O=c1nc(-c2ccco2)c2c([nH]1)C(Cc1ccccc1)OC2. The maximum atomic E-state index is 11.9. The van der Waals surface area contributed by atoms with Crippen LogP contribution in [0, 0.1) is 0 Å². The Hall–Kier alpha value is -2.66. The Kier molecular flexibility index (Phi) is 3.12. The van der Waals surface area contributed by atoms with Crippen molar-refractivity contribution >= 4 is 0 Å². The number of H-pyrrole nitrogens is 1. The first-order chi connectivity index (χ1) is 10.8. The van der Waals surface area contributed by atoms with Crippen molar-refractivity contribution in [3.05, 3.63) is 76.0 Å². The van der Waals surface area contributed by atoms with Crippen molar-refractivity contribution in [2.45, 2.75) is 19.1 Å². The van der Waals surface area contributed by atoms with Gasteiger partial charge < -0.3 is 14.1 Å². The average molecular weight is 294 g/mol. The zero-order chi connectivity index (χ0) is 14.9. The monoisotopic (exact) mass is 294 g/mol. The number of aromatic nitrogens is 2. The molecule has 1 unspecified atom stereocenters. The molecule has 0 amide bonds. The number of rotatable bonds is 3. The van der Waals surface area contributed by atoms with Crippen molar-refractivity contribution in [1.82, 2.24) is 9.97 Å². The van der Waals surface area contributed by atoms with Crippen LogP contribution in [0.1, 0.15) is 22.9 Å². The van der Waals surface area contributed by atoms with Gasteiger partial charge in [0.15, 0.2) is 5.76 Å². The molecule has 22 heavy (non-hydrogen) atoms. The topological polar surface area (TPSA) is 68.1 Å². The van der Waals surface area contributed by atoms with E-state index in [0.29, 0.717) is 24.5 Å². The Labute approximate surface area is 126 Å². The van der Waals surface area contributed by atoms with Gasteiger partial charge in [-0.1, -0.05) is 30.3 Å². The largest absolute Gasteiger partial charge is 0.463 e. The van der Waals surface area contributed by atoms with Gasteiger partial charge in [0, 0.05) is 12.0 Å². The van der Waals surface area contributed by atoms with Crippen LogP contribution in [0.2, 0.25) is 0 Å². The van der Waals surface area contributed by atoms with E-state index in [1.54, 1.807) is 18.4 Å². The van der Waals surface area contributed by atoms with Gasteiger partial charge in [0.25, 0.3) is 0 Å². The Balaban J connectivity index is 1.74. The standard InChI is InChI=1S/C17H14N2O3/c20-17-18-15(13-7-4-8-21-13)12-10-22-14(16(12)19-17)9-11-5-2-1-3-6-11/h1-8,14H,9-10H2,(H,18,19,20). The van der Waals surface area contributed by atoms with Crippen LogP contribution in [0.5, 0.6) is 0 Å². The number of hydrogen-bond acceptors (Lipinski definition) is 4. The molecule has 1 aromatic carbocycles. The smallest absolute Gasteiger partial charge is 0.345 e. The molecule has 0 radical (unpaired) electrons. The van der Waals surface area contributed by atoms with Crippen LogP contribution < -0.4 is 5.69 Å². The second-order valence-electron chi connectivity index (χ2n) is 5.25. The van der Waals surface area contributed by atoms with E-state index in [9.17, 15) is 4.79 Å². The minimum Gasteiger partial charge on any atom is -0.463 e. The summed E-state index contributed by atoms with van der Waals surface area (Å²) in [6.07, 6.45) is 2.12. The molecule has 1 aliphatic heterocycles. The normalized spacial score (nSPS) is 16.6. The summed E-state index contributed by atoms with van der Waals surface area (Å²) < 4.78 is 11.3. The minimum atomic E-state index is -0.381. The van der Waals surface area contributed by atoms with Gasteiger partial charge in [-0.2, -0.15) is 4.98 Å². The van der Waals surface area contributed by atoms with Crippen molar-refractivity contribution in [3.63, 3.8) is 0 Å². The fourth-order valence-corrected chi connectivity index (χ4v) is 2.81. The van der Waals surface area contributed by atoms with Crippen LogP contribution in [0.3, 0.4) is 0 Å². The molecule has 0 saturated carbocycles. The highest BCUT2D eigenvalue weighted by Gasteiger charge is 2.29. The Bertz CT molecular complexity index is 838. The molecule has 1 aliphatic rings. The van der Waals surface area contributed by atoms with Gasteiger partial charge in [0.05, 0.1) is 18.6 Å². The summed E-state index contributed by atoms with van der Waals surface area (Å²) in [6.45, 7) is 0.423. The van der Waals surface area contributed by atoms with E-state index >= 15 is 0 Å². The number of fused-ring (bicyclic) bond motifs is 1. The zero-order valence-corrected chi connectivity index (χ0v) is 11.8. The molecule has 2 aromatic heterocycles. The lowest BCUT2D eigenvalue weighted by atomic mass is 10.0. The summed E-state index contributed by atoms with van der Waals surface area (Å²) in [5.41, 5.74) is 3.05. The Morgan fingerprint density at radius 1 is 1.18 bits per heavy atom. The van der Waals surface area contributed by atoms with Gasteiger partial charge in [-0.15, -0.1) is 0 Å². The number of nitrogens with one attached hydrogen (secondary N) is 1. The average Bonchev–Trinajstić information content (AvgIpc) is 3.18. The second kappa shape index (κ2) is 5.27. The van der Waals surface area contributed by atoms with E-state index in [4.69, 9.17) is 9.15 Å². The van der Waals surface area contributed by atoms with Crippen molar-refractivity contribution in [1.29, 1.82) is 0 Å². The van der Waals surface area contributed by atoms with Gasteiger partial charge in [-0.25, -0.2) is 4.79 Å². The minimum absolute atomic E-state index is 0.165. The molecule has 5 nitrogen and oxygen atoms in total. The van der Waals surface area contributed by atoms with Crippen LogP contribution in [0.4, 0.5) is 0 Å². The summed E-state index contributed by atoms with van der Waals surface area (Å²) in [6, 6.07) is 13.6. The number of benzene rings is 1. The third kappa shape index (κ3) is 2.25. The molecule has 0 bridgehead atoms. The van der Waals surface area contributed by atoms with E-state index in [2.05, 4.69) is 9.97 Å². The fourth-order valence-electron chi connectivity index (χ4n) is 2.81. The predicted octanol–water partition coefficient (Wildman–Crippen LogP) is 2.84. The lowest BCUT2D eigenvalue weighted by molar-refractivity contribution is 0.0647. The quantitative estimate of drug-likeness (QED) is 0.806. The van der Waals surface area contributed by atoms with Crippen molar-refractivity contribution < 1.29 is 9.15 Å². The zero-order valence-electron chi connectivity index (χ0n) is 11.8. The fraction of sp³-hybridized carbons (Fsp3) is 0.176. The number of hydrogen-bond donors (Lipinski definition) is 1. The van der Waals surface area contributed by atoms with E-state index in [0.717, 1.165) is 16.8 Å². The highest BCUT2D eigenvalue weighted by atomic mass is 16.5. The van der Waals surface area contributed by atoms with Crippen molar-refractivity contribution in [3.8, 4) is 11.5 Å². The maximum absolute atomic E-state index is 11.9. The molecule has 0 aliphatic carbocycles. The van der Waals surface area contributed by atoms with E-state index < -0.39 is 0 Å². The summed E-state index contributed by atoms with van der Waals surface area (Å²) >= 11 is 0. The van der Waals surface area contributed by atoms with Gasteiger partial charge in [0.2, 0.25) is 0 Å². The lowest BCUT2D eigenvalue weighted by Crippen LogP contribution is -2.16. The lowest BCUT2D eigenvalue weighted by Gasteiger charge is -2.11. The number of nitrogens with zero attached hydrogens (tertiary/aromatic N) is 1. The molecule has 3 heterocycles. The van der Waals surface area contributed by atoms with Crippen LogP contribution in [0.25, 0.3) is 11.5 Å². The first-order valence-electron chi connectivity index (χ1n) is 7.14. The molecule has 1 N–H and O–H groups in total. The molecule has 0 saturated heterocycles. The molecule has 1 atom stereocenters. The molecule has 3 aromatic rings.